The molecule has 5 heteroatoms. The van der Waals surface area contributed by atoms with E-state index in [1.54, 1.807) is 6.92 Å². The monoisotopic (exact) mass is 230 g/mol. The summed E-state index contributed by atoms with van der Waals surface area (Å²) in [6, 6.07) is 0.126. The van der Waals surface area contributed by atoms with E-state index in [9.17, 15) is 8.42 Å². The lowest BCUT2D eigenvalue weighted by atomic mass is 10.2. The molecule has 0 aliphatic carbocycles. The van der Waals surface area contributed by atoms with Crippen LogP contribution < -0.4 is 10.0 Å². The van der Waals surface area contributed by atoms with Crippen LogP contribution >= 0.6 is 0 Å². The molecule has 0 bridgehead atoms. The molecule has 0 radical (unpaired) electrons. The molecular weight excluding hydrogens is 212 g/mol. The van der Waals surface area contributed by atoms with Gasteiger partial charge in [-0.15, -0.1) is 5.92 Å². The van der Waals surface area contributed by atoms with Gasteiger partial charge in [-0.3, -0.25) is 0 Å². The molecule has 0 unspecified atom stereocenters. The van der Waals surface area contributed by atoms with E-state index in [2.05, 4.69) is 21.9 Å². The van der Waals surface area contributed by atoms with E-state index in [-0.39, 0.29) is 17.8 Å². The van der Waals surface area contributed by atoms with Gasteiger partial charge in [-0.05, 0) is 13.3 Å². The van der Waals surface area contributed by atoms with Crippen LogP contribution in [0.2, 0.25) is 0 Å². The molecule has 15 heavy (non-hydrogen) atoms. The zero-order valence-electron chi connectivity index (χ0n) is 9.21. The Hall–Kier alpha value is -0.570. The molecule has 1 aliphatic rings. The minimum absolute atomic E-state index is 0.00824. The van der Waals surface area contributed by atoms with Gasteiger partial charge in [-0.25, -0.2) is 13.1 Å². The normalized spacial score (nSPS) is 26.0. The Kier molecular flexibility index (Phi) is 4.58. The Bertz CT molecular complexity index is 353. The van der Waals surface area contributed by atoms with E-state index >= 15 is 0 Å². The summed E-state index contributed by atoms with van der Waals surface area (Å²) >= 11 is 0. The SMILES string of the molecule is CCC#C[C@@H]1C[C@@H](NS(=O)(=O)CC)CN1. The maximum atomic E-state index is 11.3. The first-order chi connectivity index (χ1) is 7.07. The summed E-state index contributed by atoms with van der Waals surface area (Å²) in [5.41, 5.74) is 0. The number of sulfonamides is 1. The number of hydrogen-bond acceptors (Lipinski definition) is 3. The highest BCUT2D eigenvalue weighted by Crippen LogP contribution is 2.07. The molecule has 0 aromatic heterocycles. The van der Waals surface area contributed by atoms with E-state index in [4.69, 9.17) is 0 Å². The Morgan fingerprint density at radius 2 is 2.20 bits per heavy atom. The van der Waals surface area contributed by atoms with Crippen molar-refractivity contribution < 1.29 is 8.42 Å². The average molecular weight is 230 g/mol. The van der Waals surface area contributed by atoms with Crippen LogP contribution in [0.1, 0.15) is 26.7 Å². The van der Waals surface area contributed by atoms with Gasteiger partial charge >= 0.3 is 0 Å². The molecule has 1 fully saturated rings. The van der Waals surface area contributed by atoms with Crippen LogP contribution in [0.5, 0.6) is 0 Å². The highest BCUT2D eigenvalue weighted by atomic mass is 32.2. The Morgan fingerprint density at radius 1 is 1.47 bits per heavy atom. The highest BCUT2D eigenvalue weighted by molar-refractivity contribution is 7.89. The average Bonchev–Trinajstić information content (AvgIpc) is 2.62. The molecule has 0 aromatic rings. The molecule has 0 aromatic carbocycles. The topological polar surface area (TPSA) is 58.2 Å². The summed E-state index contributed by atoms with van der Waals surface area (Å²) in [6.07, 6.45) is 1.59. The fourth-order valence-electron chi connectivity index (χ4n) is 1.50. The predicted octanol–water partition coefficient (Wildman–Crippen LogP) is 0.0696. The lowest BCUT2D eigenvalue weighted by Crippen LogP contribution is -2.37. The molecule has 2 N–H and O–H groups in total. The fraction of sp³-hybridized carbons (Fsp3) is 0.800. The van der Waals surface area contributed by atoms with Gasteiger partial charge in [0.1, 0.15) is 0 Å². The second-order valence-electron chi connectivity index (χ2n) is 3.59. The van der Waals surface area contributed by atoms with Crippen LogP contribution in [-0.2, 0) is 10.0 Å². The van der Waals surface area contributed by atoms with Crippen LogP contribution in [0.25, 0.3) is 0 Å². The Balaban J connectivity index is 2.44. The maximum Gasteiger partial charge on any atom is 0.211 e. The third kappa shape index (κ3) is 4.20. The first-order valence-electron chi connectivity index (χ1n) is 5.29. The van der Waals surface area contributed by atoms with Gasteiger partial charge in [0, 0.05) is 19.0 Å². The van der Waals surface area contributed by atoms with Crippen molar-refractivity contribution >= 4 is 10.0 Å². The molecule has 2 atom stereocenters. The quantitative estimate of drug-likeness (QED) is 0.675. The van der Waals surface area contributed by atoms with Crippen molar-refractivity contribution in [3.05, 3.63) is 0 Å². The standard InChI is InChI=1S/C10H18N2O2S/c1-3-5-6-9-7-10(8-11-9)12-15(13,14)4-2/h9-12H,3-4,7-8H2,1-2H3/t9-,10-/m1/s1. The zero-order valence-corrected chi connectivity index (χ0v) is 10.0. The molecule has 4 nitrogen and oxygen atoms in total. The summed E-state index contributed by atoms with van der Waals surface area (Å²) in [5.74, 6) is 6.20. The lowest BCUT2D eigenvalue weighted by Gasteiger charge is -2.09. The number of nitrogens with one attached hydrogen (secondary N) is 2. The molecule has 86 valence electrons. The van der Waals surface area contributed by atoms with Crippen LogP contribution in [-0.4, -0.2) is 32.8 Å². The maximum absolute atomic E-state index is 11.3. The van der Waals surface area contributed by atoms with Gasteiger partial charge < -0.3 is 5.32 Å². The first-order valence-corrected chi connectivity index (χ1v) is 6.94. The van der Waals surface area contributed by atoms with Gasteiger partial charge in [-0.1, -0.05) is 12.8 Å². The van der Waals surface area contributed by atoms with E-state index in [1.807, 2.05) is 6.92 Å². The van der Waals surface area contributed by atoms with Crippen molar-refractivity contribution in [1.82, 2.24) is 10.0 Å². The van der Waals surface area contributed by atoms with E-state index < -0.39 is 10.0 Å². The summed E-state index contributed by atoms with van der Waals surface area (Å²) in [6.45, 7) is 4.31. The summed E-state index contributed by atoms with van der Waals surface area (Å²) in [4.78, 5) is 0. The largest absolute Gasteiger partial charge is 0.302 e. The van der Waals surface area contributed by atoms with Crippen molar-refractivity contribution in [2.45, 2.75) is 38.8 Å². The van der Waals surface area contributed by atoms with Gasteiger partial charge in [-0.2, -0.15) is 0 Å². The zero-order chi connectivity index (χ0) is 11.3. The molecule has 1 rings (SSSR count). The second-order valence-corrected chi connectivity index (χ2v) is 5.63. The summed E-state index contributed by atoms with van der Waals surface area (Å²) in [5, 5.41) is 3.19. The Morgan fingerprint density at radius 3 is 2.80 bits per heavy atom. The minimum atomic E-state index is -3.09. The Labute approximate surface area is 91.9 Å². The minimum Gasteiger partial charge on any atom is -0.302 e. The van der Waals surface area contributed by atoms with Crippen LogP contribution in [0.3, 0.4) is 0 Å². The first kappa shape index (κ1) is 12.5. The summed E-state index contributed by atoms with van der Waals surface area (Å²) in [7, 11) is -3.09. The predicted molar refractivity (Wildman–Crippen MR) is 60.9 cm³/mol. The van der Waals surface area contributed by atoms with Gasteiger partial charge in [0.15, 0.2) is 0 Å². The molecule has 1 aliphatic heterocycles. The number of rotatable bonds is 3. The van der Waals surface area contributed by atoms with Crippen molar-refractivity contribution in [2.24, 2.45) is 0 Å². The van der Waals surface area contributed by atoms with E-state index in [1.165, 1.54) is 0 Å². The third-order valence-corrected chi connectivity index (χ3v) is 3.76. The fourth-order valence-corrected chi connectivity index (χ4v) is 2.35. The molecule has 1 saturated heterocycles. The number of hydrogen-bond donors (Lipinski definition) is 2. The smallest absolute Gasteiger partial charge is 0.211 e. The van der Waals surface area contributed by atoms with E-state index in [0.29, 0.717) is 6.54 Å². The summed E-state index contributed by atoms with van der Waals surface area (Å²) < 4.78 is 25.3. The third-order valence-electron chi connectivity index (χ3n) is 2.31. The van der Waals surface area contributed by atoms with Gasteiger partial charge in [0.2, 0.25) is 10.0 Å². The molecule has 0 spiro atoms. The van der Waals surface area contributed by atoms with Crippen LogP contribution in [0, 0.1) is 11.8 Å². The van der Waals surface area contributed by atoms with Crippen LogP contribution in [0.4, 0.5) is 0 Å². The van der Waals surface area contributed by atoms with Gasteiger partial charge in [0.25, 0.3) is 0 Å². The molecule has 0 amide bonds. The molecule has 1 heterocycles. The lowest BCUT2D eigenvalue weighted by molar-refractivity contribution is 0.560. The van der Waals surface area contributed by atoms with Crippen molar-refractivity contribution in [1.29, 1.82) is 0 Å². The van der Waals surface area contributed by atoms with E-state index in [0.717, 1.165) is 12.8 Å². The van der Waals surface area contributed by atoms with Crippen molar-refractivity contribution in [3.8, 4) is 11.8 Å². The van der Waals surface area contributed by atoms with Gasteiger partial charge in [0.05, 0.1) is 11.8 Å². The van der Waals surface area contributed by atoms with Crippen LogP contribution in [0.15, 0.2) is 0 Å². The van der Waals surface area contributed by atoms with Crippen molar-refractivity contribution in [2.75, 3.05) is 12.3 Å². The van der Waals surface area contributed by atoms with Crippen molar-refractivity contribution in [3.63, 3.8) is 0 Å². The molecular formula is C10H18N2O2S. The highest BCUT2D eigenvalue weighted by Gasteiger charge is 2.25. The molecule has 0 saturated carbocycles. The second kappa shape index (κ2) is 5.50.